The highest BCUT2D eigenvalue weighted by Crippen LogP contribution is 2.20. The third-order valence-electron chi connectivity index (χ3n) is 4.50. The maximum absolute atomic E-state index is 12.9. The van der Waals surface area contributed by atoms with Gasteiger partial charge in [-0.3, -0.25) is 9.69 Å². The Balaban J connectivity index is 1.86. The van der Waals surface area contributed by atoms with Crippen LogP contribution in [0.3, 0.4) is 0 Å². The van der Waals surface area contributed by atoms with Crippen molar-refractivity contribution in [3.05, 3.63) is 70.3 Å². The first kappa shape index (κ1) is 15.0. The van der Waals surface area contributed by atoms with E-state index in [-0.39, 0.29) is 5.78 Å². The van der Waals surface area contributed by atoms with Gasteiger partial charge in [0.2, 0.25) is 0 Å². The summed E-state index contributed by atoms with van der Waals surface area (Å²) in [4.78, 5) is 15.3. The van der Waals surface area contributed by atoms with Gasteiger partial charge in [0.1, 0.15) is 0 Å². The Kier molecular flexibility index (Phi) is 4.39. The van der Waals surface area contributed by atoms with Crippen LogP contribution in [0.1, 0.15) is 45.5 Å². The molecule has 0 N–H and O–H groups in total. The molecule has 0 radical (unpaired) electrons. The van der Waals surface area contributed by atoms with Crippen molar-refractivity contribution < 1.29 is 4.79 Å². The van der Waals surface area contributed by atoms with E-state index in [2.05, 4.69) is 17.0 Å². The number of rotatable bonds is 4. The van der Waals surface area contributed by atoms with Crippen molar-refractivity contribution >= 4 is 5.78 Å². The molecule has 2 aromatic carbocycles. The van der Waals surface area contributed by atoms with Gasteiger partial charge in [0.05, 0.1) is 0 Å². The average molecular weight is 293 g/mol. The molecule has 0 atom stereocenters. The molecule has 0 amide bonds. The van der Waals surface area contributed by atoms with E-state index in [1.165, 1.54) is 31.5 Å². The molecule has 1 aliphatic heterocycles. The first-order valence-electron chi connectivity index (χ1n) is 8.07. The summed E-state index contributed by atoms with van der Waals surface area (Å²) in [6.07, 6.45) is 2.59. The molecule has 22 heavy (non-hydrogen) atoms. The Morgan fingerprint density at radius 3 is 2.32 bits per heavy atom. The third-order valence-corrected chi connectivity index (χ3v) is 4.50. The highest BCUT2D eigenvalue weighted by atomic mass is 16.1. The monoisotopic (exact) mass is 293 g/mol. The number of carbonyl (C=O) groups excluding carboxylic acids is 1. The summed E-state index contributed by atoms with van der Waals surface area (Å²) >= 11 is 0. The predicted octanol–water partition coefficient (Wildman–Crippen LogP) is 4.13. The van der Waals surface area contributed by atoms with Gasteiger partial charge in [0.25, 0.3) is 0 Å². The molecular formula is C20H23NO. The highest BCUT2D eigenvalue weighted by Gasteiger charge is 2.16. The maximum Gasteiger partial charge on any atom is 0.193 e. The Bertz CT molecular complexity index is 664. The molecule has 0 saturated carbocycles. The van der Waals surface area contributed by atoms with Crippen LogP contribution in [0.4, 0.5) is 0 Å². The van der Waals surface area contributed by atoms with E-state index < -0.39 is 0 Å². The van der Waals surface area contributed by atoms with Gasteiger partial charge in [-0.1, -0.05) is 36.4 Å². The van der Waals surface area contributed by atoms with Crippen LogP contribution in [0.2, 0.25) is 0 Å². The first-order valence-corrected chi connectivity index (χ1v) is 8.07. The fourth-order valence-electron chi connectivity index (χ4n) is 3.33. The van der Waals surface area contributed by atoms with E-state index in [0.717, 1.165) is 28.8 Å². The molecule has 2 nitrogen and oxygen atoms in total. The third kappa shape index (κ3) is 3.12. The Morgan fingerprint density at radius 2 is 1.64 bits per heavy atom. The second-order valence-electron chi connectivity index (χ2n) is 6.28. The van der Waals surface area contributed by atoms with Gasteiger partial charge >= 0.3 is 0 Å². The lowest BCUT2D eigenvalue weighted by Crippen LogP contribution is -2.18. The molecule has 114 valence electrons. The van der Waals surface area contributed by atoms with Gasteiger partial charge < -0.3 is 0 Å². The Morgan fingerprint density at radius 1 is 1.00 bits per heavy atom. The standard InChI is InChI=1S/C20H23NO/c1-15-7-5-8-16(2)19(15)20(22)18-10-6-9-17(13-18)14-21-11-3-4-12-21/h5-10,13H,3-4,11-12,14H2,1-2H3. The predicted molar refractivity (Wildman–Crippen MR) is 90.3 cm³/mol. The molecule has 0 bridgehead atoms. The van der Waals surface area contributed by atoms with Gasteiger partial charge in [-0.2, -0.15) is 0 Å². The second-order valence-corrected chi connectivity index (χ2v) is 6.28. The molecule has 1 heterocycles. The number of carbonyl (C=O) groups is 1. The molecule has 0 aliphatic carbocycles. The fraction of sp³-hybridized carbons (Fsp3) is 0.350. The lowest BCUT2D eigenvalue weighted by Gasteiger charge is -2.15. The molecule has 1 aliphatic rings. The molecule has 0 unspecified atom stereocenters. The van der Waals surface area contributed by atoms with Crippen LogP contribution in [0.5, 0.6) is 0 Å². The molecule has 2 heteroatoms. The van der Waals surface area contributed by atoms with Crippen molar-refractivity contribution in [2.45, 2.75) is 33.2 Å². The van der Waals surface area contributed by atoms with Crippen LogP contribution in [0.15, 0.2) is 42.5 Å². The Hall–Kier alpha value is -1.93. The zero-order valence-corrected chi connectivity index (χ0v) is 13.4. The lowest BCUT2D eigenvalue weighted by atomic mass is 9.94. The van der Waals surface area contributed by atoms with E-state index in [1.807, 2.05) is 44.2 Å². The summed E-state index contributed by atoms with van der Waals surface area (Å²) in [7, 11) is 0. The van der Waals surface area contributed by atoms with Crippen molar-refractivity contribution in [2.24, 2.45) is 0 Å². The van der Waals surface area contributed by atoms with Crippen molar-refractivity contribution in [3.63, 3.8) is 0 Å². The van der Waals surface area contributed by atoms with Gasteiger partial charge in [-0.25, -0.2) is 0 Å². The van der Waals surface area contributed by atoms with Crippen LogP contribution >= 0.6 is 0 Å². The van der Waals surface area contributed by atoms with Gasteiger partial charge in [-0.05, 0) is 62.5 Å². The van der Waals surface area contributed by atoms with Gasteiger partial charge in [-0.15, -0.1) is 0 Å². The largest absolute Gasteiger partial charge is 0.299 e. The first-order chi connectivity index (χ1) is 10.6. The van der Waals surface area contributed by atoms with E-state index in [1.54, 1.807) is 0 Å². The Labute approximate surface area is 132 Å². The van der Waals surface area contributed by atoms with Crippen LogP contribution in [0, 0.1) is 13.8 Å². The summed E-state index contributed by atoms with van der Waals surface area (Å²) < 4.78 is 0. The normalized spacial score (nSPS) is 15.2. The summed E-state index contributed by atoms with van der Waals surface area (Å²) in [5.41, 5.74) is 4.98. The molecule has 3 rings (SSSR count). The van der Waals surface area contributed by atoms with E-state index in [0.29, 0.717) is 0 Å². The highest BCUT2D eigenvalue weighted by molar-refractivity contribution is 6.10. The number of benzene rings is 2. The minimum absolute atomic E-state index is 0.138. The SMILES string of the molecule is Cc1cccc(C)c1C(=O)c1cccc(CN2CCCC2)c1. The van der Waals surface area contributed by atoms with Crippen LogP contribution in [0.25, 0.3) is 0 Å². The maximum atomic E-state index is 12.9. The molecular weight excluding hydrogens is 270 g/mol. The van der Waals surface area contributed by atoms with Crippen LogP contribution in [-0.2, 0) is 6.54 Å². The number of hydrogen-bond donors (Lipinski definition) is 0. The summed E-state index contributed by atoms with van der Waals surface area (Å²) in [6, 6.07) is 14.1. The average Bonchev–Trinajstić information content (AvgIpc) is 3.00. The van der Waals surface area contributed by atoms with E-state index in [9.17, 15) is 4.79 Å². The summed E-state index contributed by atoms with van der Waals surface area (Å²) in [5, 5.41) is 0. The molecule has 2 aromatic rings. The lowest BCUT2D eigenvalue weighted by molar-refractivity contribution is 0.103. The zero-order valence-electron chi connectivity index (χ0n) is 13.4. The van der Waals surface area contributed by atoms with Crippen LogP contribution in [-0.4, -0.2) is 23.8 Å². The minimum Gasteiger partial charge on any atom is -0.299 e. The molecule has 0 aromatic heterocycles. The second kappa shape index (κ2) is 6.45. The van der Waals surface area contributed by atoms with Crippen LogP contribution < -0.4 is 0 Å². The van der Waals surface area contributed by atoms with Crippen molar-refractivity contribution in [3.8, 4) is 0 Å². The number of likely N-dealkylation sites (tertiary alicyclic amines) is 1. The number of aryl methyl sites for hydroxylation is 2. The smallest absolute Gasteiger partial charge is 0.193 e. The topological polar surface area (TPSA) is 20.3 Å². The minimum atomic E-state index is 0.138. The molecule has 1 fully saturated rings. The van der Waals surface area contributed by atoms with E-state index in [4.69, 9.17) is 0 Å². The van der Waals surface area contributed by atoms with Crippen molar-refractivity contribution in [1.29, 1.82) is 0 Å². The summed E-state index contributed by atoms with van der Waals surface area (Å²) in [6.45, 7) is 7.32. The zero-order chi connectivity index (χ0) is 15.5. The van der Waals surface area contributed by atoms with Crippen molar-refractivity contribution in [2.75, 3.05) is 13.1 Å². The number of hydrogen-bond acceptors (Lipinski definition) is 2. The fourth-order valence-corrected chi connectivity index (χ4v) is 3.33. The summed E-state index contributed by atoms with van der Waals surface area (Å²) in [5.74, 6) is 0.138. The van der Waals surface area contributed by atoms with Gasteiger partial charge in [0, 0.05) is 17.7 Å². The number of ketones is 1. The molecule has 0 spiro atoms. The quantitative estimate of drug-likeness (QED) is 0.790. The number of nitrogens with zero attached hydrogens (tertiary/aromatic N) is 1. The van der Waals surface area contributed by atoms with Gasteiger partial charge in [0.15, 0.2) is 5.78 Å². The van der Waals surface area contributed by atoms with E-state index >= 15 is 0 Å². The van der Waals surface area contributed by atoms with Crippen molar-refractivity contribution in [1.82, 2.24) is 4.90 Å². The molecule has 1 saturated heterocycles.